The van der Waals surface area contributed by atoms with E-state index in [0.29, 0.717) is 5.82 Å². The van der Waals surface area contributed by atoms with Crippen molar-refractivity contribution in [3.63, 3.8) is 0 Å². The van der Waals surface area contributed by atoms with E-state index in [1.165, 1.54) is 10.9 Å². The van der Waals surface area contributed by atoms with Crippen LogP contribution in [-0.2, 0) is 0 Å². The molecular formula is C33H22BN5. The molecule has 0 unspecified atom stereocenters. The maximum atomic E-state index is 5.26. The largest absolute Gasteiger partial charge is 0.296 e. The van der Waals surface area contributed by atoms with Crippen molar-refractivity contribution < 1.29 is 0 Å². The molecule has 2 aliphatic heterocycles. The fraction of sp³-hybridized carbons (Fsp3) is 0. The zero-order valence-electron chi connectivity index (χ0n) is 21.0. The predicted molar refractivity (Wildman–Crippen MR) is 159 cm³/mol. The molecule has 4 aromatic carbocycles. The van der Waals surface area contributed by atoms with Crippen molar-refractivity contribution >= 4 is 57.5 Å². The molecule has 0 amide bonds. The van der Waals surface area contributed by atoms with E-state index in [1.54, 1.807) is 6.20 Å². The van der Waals surface area contributed by atoms with E-state index in [9.17, 15) is 0 Å². The first-order valence-electron chi connectivity index (χ1n) is 13.1. The summed E-state index contributed by atoms with van der Waals surface area (Å²) in [5.41, 5.74) is 8.69. The predicted octanol–water partition coefficient (Wildman–Crippen LogP) is 5.62. The number of nitrogens with zero attached hydrogens (tertiary/aromatic N) is 5. The number of rotatable bonds is 3. The molecule has 0 saturated heterocycles. The Hall–Kier alpha value is -5.23. The van der Waals surface area contributed by atoms with Gasteiger partial charge in [0.2, 0.25) is 0 Å². The third-order valence-corrected chi connectivity index (χ3v) is 7.52. The second-order valence-electron chi connectivity index (χ2n) is 9.72. The number of anilines is 6. The Morgan fingerprint density at radius 2 is 0.974 bits per heavy atom. The van der Waals surface area contributed by atoms with E-state index >= 15 is 0 Å². The van der Waals surface area contributed by atoms with E-state index in [0.717, 1.165) is 45.5 Å². The number of pyridine rings is 1. The van der Waals surface area contributed by atoms with Crippen molar-refractivity contribution in [3.05, 3.63) is 134 Å². The topological polar surface area (TPSA) is 45.2 Å². The first-order chi connectivity index (χ1) is 19.4. The van der Waals surface area contributed by atoms with Crippen LogP contribution in [-0.4, -0.2) is 21.7 Å². The SMILES string of the molecule is c1ccc(N2c3ccccc3B3c4ccccc4N(c4ccccc4)c4nc(-c5ccccn5)nc2c43)cc1. The fourth-order valence-electron chi connectivity index (χ4n) is 5.91. The first-order valence-corrected chi connectivity index (χ1v) is 13.1. The van der Waals surface area contributed by atoms with Crippen LogP contribution in [0.1, 0.15) is 0 Å². The normalized spacial score (nSPS) is 13.0. The number of para-hydroxylation sites is 4. The summed E-state index contributed by atoms with van der Waals surface area (Å²) in [7, 11) is 0. The average Bonchev–Trinajstić information content (AvgIpc) is 3.02. The van der Waals surface area contributed by atoms with Gasteiger partial charge in [-0.1, -0.05) is 78.9 Å². The molecule has 6 heteroatoms. The molecule has 0 fully saturated rings. The summed E-state index contributed by atoms with van der Waals surface area (Å²) in [4.78, 5) is 19.7. The van der Waals surface area contributed by atoms with Crippen molar-refractivity contribution in [2.24, 2.45) is 0 Å². The van der Waals surface area contributed by atoms with Crippen LogP contribution in [0.4, 0.5) is 34.4 Å². The van der Waals surface area contributed by atoms with E-state index in [4.69, 9.17) is 9.97 Å². The summed E-state index contributed by atoms with van der Waals surface area (Å²) in [6.45, 7) is 0.0000991. The second kappa shape index (κ2) is 8.67. The van der Waals surface area contributed by atoms with E-state index in [2.05, 4.69) is 112 Å². The minimum absolute atomic E-state index is 0.0000991. The maximum Gasteiger partial charge on any atom is 0.256 e. The minimum Gasteiger partial charge on any atom is -0.296 e. The lowest BCUT2D eigenvalue weighted by atomic mass is 9.34. The van der Waals surface area contributed by atoms with Gasteiger partial charge in [0.15, 0.2) is 5.82 Å². The molecule has 2 aliphatic rings. The standard InChI is InChI=1S/C33H22BN5/c1-3-13-23(14-4-1)38-28-20-9-7-17-25(28)34-26-18-8-10-21-29(26)39(24-15-5-2-6-16-24)33-30(34)32(38)36-31(37-33)27-19-11-12-22-35-27/h1-22H. The zero-order valence-corrected chi connectivity index (χ0v) is 21.0. The van der Waals surface area contributed by atoms with Gasteiger partial charge in [0.05, 0.1) is 0 Å². The molecule has 0 bridgehead atoms. The van der Waals surface area contributed by atoms with Gasteiger partial charge in [0, 0.05) is 34.4 Å². The van der Waals surface area contributed by atoms with Crippen molar-refractivity contribution in [3.8, 4) is 11.5 Å². The van der Waals surface area contributed by atoms with Crippen molar-refractivity contribution in [1.29, 1.82) is 0 Å². The van der Waals surface area contributed by atoms with Gasteiger partial charge >= 0.3 is 0 Å². The van der Waals surface area contributed by atoms with Crippen LogP contribution in [0.3, 0.4) is 0 Å². The highest BCUT2D eigenvalue weighted by Crippen LogP contribution is 2.42. The molecule has 8 rings (SSSR count). The third-order valence-electron chi connectivity index (χ3n) is 7.52. The Bertz CT molecular complexity index is 1710. The second-order valence-corrected chi connectivity index (χ2v) is 9.72. The molecule has 0 atom stereocenters. The fourth-order valence-corrected chi connectivity index (χ4v) is 5.91. The van der Waals surface area contributed by atoms with Gasteiger partial charge in [0.1, 0.15) is 17.3 Å². The summed E-state index contributed by atoms with van der Waals surface area (Å²) in [6.07, 6.45) is 1.79. The van der Waals surface area contributed by atoms with Crippen LogP contribution in [0.5, 0.6) is 0 Å². The van der Waals surface area contributed by atoms with Gasteiger partial charge in [-0.3, -0.25) is 14.8 Å². The Balaban J connectivity index is 1.51. The van der Waals surface area contributed by atoms with Crippen LogP contribution in [0.25, 0.3) is 11.5 Å². The molecule has 0 N–H and O–H groups in total. The van der Waals surface area contributed by atoms with E-state index in [-0.39, 0.29) is 6.71 Å². The number of hydrogen-bond donors (Lipinski definition) is 0. The molecule has 39 heavy (non-hydrogen) atoms. The number of fused-ring (bicyclic) bond motifs is 4. The highest BCUT2D eigenvalue weighted by molar-refractivity contribution is 7.00. The zero-order chi connectivity index (χ0) is 25.8. The highest BCUT2D eigenvalue weighted by Gasteiger charge is 2.45. The summed E-state index contributed by atoms with van der Waals surface area (Å²) >= 11 is 0. The van der Waals surface area contributed by atoms with Crippen LogP contribution in [0.2, 0.25) is 0 Å². The minimum atomic E-state index is 0.0000991. The lowest BCUT2D eigenvalue weighted by Crippen LogP contribution is -2.62. The molecule has 0 spiro atoms. The summed E-state index contributed by atoms with van der Waals surface area (Å²) in [6, 6.07) is 44.1. The number of hydrogen-bond acceptors (Lipinski definition) is 5. The van der Waals surface area contributed by atoms with E-state index in [1.807, 2.05) is 30.3 Å². The van der Waals surface area contributed by atoms with Crippen LogP contribution in [0, 0.1) is 0 Å². The van der Waals surface area contributed by atoms with Crippen LogP contribution >= 0.6 is 0 Å². The van der Waals surface area contributed by atoms with Gasteiger partial charge in [-0.2, -0.15) is 0 Å². The lowest BCUT2D eigenvalue weighted by Gasteiger charge is -2.42. The van der Waals surface area contributed by atoms with Gasteiger partial charge in [-0.05, 0) is 59.5 Å². The summed E-state index contributed by atoms with van der Waals surface area (Å²) in [5, 5.41) is 0. The van der Waals surface area contributed by atoms with E-state index < -0.39 is 0 Å². The van der Waals surface area contributed by atoms with Gasteiger partial charge in [-0.15, -0.1) is 0 Å². The molecule has 182 valence electrons. The van der Waals surface area contributed by atoms with Crippen molar-refractivity contribution in [2.75, 3.05) is 9.80 Å². The Labute approximate surface area is 227 Å². The van der Waals surface area contributed by atoms with Crippen LogP contribution < -0.4 is 26.2 Å². The Morgan fingerprint density at radius 1 is 0.487 bits per heavy atom. The van der Waals surface area contributed by atoms with Crippen molar-refractivity contribution in [2.45, 2.75) is 0 Å². The summed E-state index contributed by atoms with van der Waals surface area (Å²) in [5.74, 6) is 2.36. The highest BCUT2D eigenvalue weighted by atomic mass is 15.3. The van der Waals surface area contributed by atoms with Crippen molar-refractivity contribution in [1.82, 2.24) is 15.0 Å². The quantitative estimate of drug-likeness (QED) is 0.295. The maximum absolute atomic E-state index is 5.26. The first kappa shape index (κ1) is 21.8. The lowest BCUT2D eigenvalue weighted by molar-refractivity contribution is 1.08. The Morgan fingerprint density at radius 3 is 1.49 bits per heavy atom. The summed E-state index contributed by atoms with van der Waals surface area (Å²) < 4.78 is 0. The molecule has 6 aromatic rings. The Kier molecular flexibility index (Phi) is 4.85. The molecular weight excluding hydrogens is 477 g/mol. The monoisotopic (exact) mass is 499 g/mol. The molecule has 0 radical (unpaired) electrons. The smallest absolute Gasteiger partial charge is 0.256 e. The number of aromatic nitrogens is 3. The molecule has 0 aliphatic carbocycles. The molecule has 2 aromatic heterocycles. The number of benzene rings is 4. The van der Waals surface area contributed by atoms with Gasteiger partial charge < -0.3 is 0 Å². The third kappa shape index (κ3) is 3.31. The molecule has 5 nitrogen and oxygen atoms in total. The van der Waals surface area contributed by atoms with Gasteiger partial charge in [0.25, 0.3) is 6.71 Å². The average molecular weight is 499 g/mol. The molecule has 4 heterocycles. The van der Waals surface area contributed by atoms with Crippen LogP contribution in [0.15, 0.2) is 134 Å². The molecule has 0 saturated carbocycles. The van der Waals surface area contributed by atoms with Gasteiger partial charge in [-0.25, -0.2) is 9.97 Å².